The number of aliphatic imine (C=N–C) groups is 1. The van der Waals surface area contributed by atoms with Crippen LogP contribution in [0.3, 0.4) is 0 Å². The summed E-state index contributed by atoms with van der Waals surface area (Å²) in [6.07, 6.45) is -4.08. The van der Waals surface area contributed by atoms with Crippen molar-refractivity contribution in [3.63, 3.8) is 0 Å². The number of nitrogens with one attached hydrogen (secondary N) is 2. The Morgan fingerprint density at radius 2 is 1.72 bits per heavy atom. The highest BCUT2D eigenvalue weighted by molar-refractivity contribution is 14.0. The van der Waals surface area contributed by atoms with Gasteiger partial charge in [-0.2, -0.15) is 0 Å². The minimum Gasteiger partial charge on any atom is -0.406 e. The molecule has 5 nitrogen and oxygen atoms in total. The van der Waals surface area contributed by atoms with E-state index in [1.54, 1.807) is 19.2 Å². The number of aliphatic hydroxyl groups excluding tert-OH is 1. The Morgan fingerprint density at radius 3 is 2.28 bits per heavy atom. The number of alkyl halides is 3. The zero-order valence-electron chi connectivity index (χ0n) is 15.9. The van der Waals surface area contributed by atoms with Gasteiger partial charge in [0.1, 0.15) is 5.75 Å². The van der Waals surface area contributed by atoms with Gasteiger partial charge in [-0.3, -0.25) is 4.99 Å². The van der Waals surface area contributed by atoms with Gasteiger partial charge in [-0.1, -0.05) is 42.5 Å². The van der Waals surface area contributed by atoms with Crippen molar-refractivity contribution in [1.82, 2.24) is 10.6 Å². The van der Waals surface area contributed by atoms with Gasteiger partial charge in [0.05, 0.1) is 6.61 Å². The van der Waals surface area contributed by atoms with E-state index in [1.165, 1.54) is 12.1 Å². The molecule has 0 radical (unpaired) electrons. The van der Waals surface area contributed by atoms with Crippen LogP contribution in [-0.4, -0.2) is 44.2 Å². The summed E-state index contributed by atoms with van der Waals surface area (Å²) in [7, 11) is 1.65. The largest absolute Gasteiger partial charge is 0.573 e. The molecule has 1 atom stereocenters. The number of nitrogens with zero attached hydrogens (tertiary/aromatic N) is 1. The van der Waals surface area contributed by atoms with Gasteiger partial charge in [0.25, 0.3) is 0 Å². The number of aliphatic hydroxyl groups is 1. The Kier molecular flexibility index (Phi) is 10.8. The first-order chi connectivity index (χ1) is 13.4. The van der Waals surface area contributed by atoms with Crippen molar-refractivity contribution in [2.75, 3.05) is 26.7 Å². The van der Waals surface area contributed by atoms with E-state index in [1.807, 2.05) is 30.3 Å². The van der Waals surface area contributed by atoms with Crippen molar-refractivity contribution in [2.45, 2.75) is 18.7 Å². The zero-order chi connectivity index (χ0) is 20.4. The monoisotopic (exact) mass is 523 g/mol. The number of ether oxygens (including phenoxy) is 1. The fourth-order valence-corrected chi connectivity index (χ4v) is 2.64. The summed E-state index contributed by atoms with van der Waals surface area (Å²) >= 11 is 0. The molecule has 0 spiro atoms. The van der Waals surface area contributed by atoms with Crippen molar-refractivity contribution in [3.05, 3.63) is 65.7 Å². The topological polar surface area (TPSA) is 65.9 Å². The van der Waals surface area contributed by atoms with Crippen LogP contribution in [0.2, 0.25) is 0 Å². The third kappa shape index (κ3) is 9.35. The van der Waals surface area contributed by atoms with Crippen LogP contribution in [0.4, 0.5) is 13.2 Å². The van der Waals surface area contributed by atoms with Crippen molar-refractivity contribution >= 4 is 29.9 Å². The van der Waals surface area contributed by atoms with Crippen LogP contribution in [0.1, 0.15) is 17.0 Å². The molecule has 0 aliphatic heterocycles. The molecule has 160 valence electrons. The molecular weight excluding hydrogens is 498 g/mol. The van der Waals surface area contributed by atoms with Gasteiger partial charge in [0.2, 0.25) is 0 Å². The molecule has 9 heteroatoms. The normalized spacial score (nSPS) is 12.7. The van der Waals surface area contributed by atoms with E-state index in [0.717, 1.165) is 11.1 Å². The van der Waals surface area contributed by atoms with Crippen LogP contribution in [-0.2, 0) is 6.42 Å². The molecule has 0 aromatic heterocycles. The molecule has 2 aromatic carbocycles. The molecule has 2 aromatic rings. The van der Waals surface area contributed by atoms with Crippen molar-refractivity contribution in [3.8, 4) is 5.75 Å². The number of benzene rings is 2. The average molecular weight is 523 g/mol. The minimum absolute atomic E-state index is 0. The van der Waals surface area contributed by atoms with E-state index in [2.05, 4.69) is 20.4 Å². The van der Waals surface area contributed by atoms with E-state index in [4.69, 9.17) is 0 Å². The molecule has 2 rings (SSSR count). The fraction of sp³-hybridized carbons (Fsp3) is 0.350. The van der Waals surface area contributed by atoms with Crippen LogP contribution < -0.4 is 15.4 Å². The number of rotatable bonds is 8. The van der Waals surface area contributed by atoms with Gasteiger partial charge in [0.15, 0.2) is 5.96 Å². The summed E-state index contributed by atoms with van der Waals surface area (Å²) in [5, 5.41) is 15.9. The maximum Gasteiger partial charge on any atom is 0.573 e. The van der Waals surface area contributed by atoms with Crippen molar-refractivity contribution in [2.24, 2.45) is 4.99 Å². The first kappa shape index (κ1) is 25.0. The molecule has 3 N–H and O–H groups in total. The highest BCUT2D eigenvalue weighted by Gasteiger charge is 2.30. The van der Waals surface area contributed by atoms with E-state index in [9.17, 15) is 18.3 Å². The Balaban J connectivity index is 0.00000420. The van der Waals surface area contributed by atoms with Gasteiger partial charge < -0.3 is 20.5 Å². The van der Waals surface area contributed by atoms with Crippen LogP contribution >= 0.6 is 24.0 Å². The maximum atomic E-state index is 12.2. The molecular formula is C20H25F3IN3O2. The molecule has 0 fully saturated rings. The van der Waals surface area contributed by atoms with Gasteiger partial charge in [-0.25, -0.2) is 0 Å². The molecule has 0 aliphatic carbocycles. The van der Waals surface area contributed by atoms with Crippen molar-refractivity contribution in [1.29, 1.82) is 0 Å². The highest BCUT2D eigenvalue weighted by Crippen LogP contribution is 2.22. The molecule has 0 aliphatic rings. The zero-order valence-corrected chi connectivity index (χ0v) is 18.3. The minimum atomic E-state index is -4.69. The van der Waals surface area contributed by atoms with E-state index < -0.39 is 6.36 Å². The fourth-order valence-electron chi connectivity index (χ4n) is 2.64. The lowest BCUT2D eigenvalue weighted by atomic mass is 10.0. The van der Waals surface area contributed by atoms with Gasteiger partial charge >= 0.3 is 6.36 Å². The predicted octanol–water partition coefficient (Wildman–Crippen LogP) is 3.69. The first-order valence-corrected chi connectivity index (χ1v) is 8.86. The van der Waals surface area contributed by atoms with E-state index in [-0.39, 0.29) is 42.3 Å². The van der Waals surface area contributed by atoms with Crippen LogP contribution in [0.15, 0.2) is 59.6 Å². The molecule has 0 saturated heterocycles. The third-order valence-corrected chi connectivity index (χ3v) is 4.09. The number of hydrogen-bond donors (Lipinski definition) is 3. The maximum absolute atomic E-state index is 12.2. The van der Waals surface area contributed by atoms with Crippen molar-refractivity contribution < 1.29 is 23.0 Å². The number of halogens is 4. The highest BCUT2D eigenvalue weighted by atomic mass is 127. The van der Waals surface area contributed by atoms with Gasteiger partial charge in [-0.05, 0) is 29.7 Å². The second kappa shape index (κ2) is 12.5. The van der Waals surface area contributed by atoms with Gasteiger partial charge in [0, 0.05) is 26.1 Å². The standard InChI is InChI=1S/C20H24F3N3O2.HI/c1-24-19(26-13-17(14-27)16-5-3-2-4-6-16)25-12-11-15-7-9-18(10-8-15)28-20(21,22)23;/h2-10,17,27H,11-14H2,1H3,(H2,24,25,26);1H. The second-order valence-electron chi connectivity index (χ2n) is 6.11. The molecule has 0 amide bonds. The lowest BCUT2D eigenvalue weighted by Crippen LogP contribution is -2.40. The summed E-state index contributed by atoms with van der Waals surface area (Å²) in [6, 6.07) is 15.5. The summed E-state index contributed by atoms with van der Waals surface area (Å²) in [5.41, 5.74) is 1.91. The quantitative estimate of drug-likeness (QED) is 0.281. The molecule has 1 unspecified atom stereocenters. The van der Waals surface area contributed by atoms with Crippen LogP contribution in [0.5, 0.6) is 5.75 Å². The van der Waals surface area contributed by atoms with Crippen LogP contribution in [0, 0.1) is 0 Å². The summed E-state index contributed by atoms with van der Waals surface area (Å²) < 4.78 is 40.4. The SMILES string of the molecule is CN=C(NCCc1ccc(OC(F)(F)F)cc1)NCC(CO)c1ccccc1.I. The summed E-state index contributed by atoms with van der Waals surface area (Å²) in [5.74, 6) is 0.296. The predicted molar refractivity (Wildman–Crippen MR) is 118 cm³/mol. The molecule has 0 saturated carbocycles. The second-order valence-corrected chi connectivity index (χ2v) is 6.11. The number of hydrogen-bond acceptors (Lipinski definition) is 3. The summed E-state index contributed by atoms with van der Waals surface area (Å²) in [4.78, 5) is 4.14. The Labute approximate surface area is 185 Å². The summed E-state index contributed by atoms with van der Waals surface area (Å²) in [6.45, 7) is 1.08. The smallest absolute Gasteiger partial charge is 0.406 e. The average Bonchev–Trinajstić information content (AvgIpc) is 2.68. The Hall–Kier alpha value is -2.01. The molecule has 29 heavy (non-hydrogen) atoms. The Morgan fingerprint density at radius 1 is 1.07 bits per heavy atom. The van der Waals surface area contributed by atoms with Gasteiger partial charge in [-0.15, -0.1) is 37.1 Å². The molecule has 0 bridgehead atoms. The van der Waals surface area contributed by atoms with Crippen LogP contribution in [0.25, 0.3) is 0 Å². The van der Waals surface area contributed by atoms with E-state index >= 15 is 0 Å². The lowest BCUT2D eigenvalue weighted by molar-refractivity contribution is -0.274. The van der Waals surface area contributed by atoms with E-state index in [0.29, 0.717) is 25.5 Å². The first-order valence-electron chi connectivity index (χ1n) is 8.86. The third-order valence-electron chi connectivity index (χ3n) is 4.09. The lowest BCUT2D eigenvalue weighted by Gasteiger charge is -2.18. The Bertz CT molecular complexity index is 741. The number of guanidine groups is 1. The molecule has 0 heterocycles.